The molecule has 0 aliphatic carbocycles. The molecule has 0 spiro atoms. The Kier molecular flexibility index (Phi) is 12.6. The van der Waals surface area contributed by atoms with Crippen molar-refractivity contribution >= 4 is 69.4 Å². The van der Waals surface area contributed by atoms with Gasteiger partial charge in [0, 0.05) is 22.7 Å². The lowest BCUT2D eigenvalue weighted by Gasteiger charge is -2.17. The Balaban J connectivity index is 0.000000208. The predicted molar refractivity (Wildman–Crippen MR) is 208 cm³/mol. The number of carbonyl (C=O) groups is 4. The zero-order valence-electron chi connectivity index (χ0n) is 29.2. The number of carboxylic acid groups (broad SMARTS) is 2. The van der Waals surface area contributed by atoms with Crippen LogP contribution in [0.25, 0.3) is 0 Å². The Hall–Kier alpha value is -7.60. The van der Waals surface area contributed by atoms with Gasteiger partial charge in [0.05, 0.1) is 59.2 Å². The van der Waals surface area contributed by atoms with Gasteiger partial charge >= 0.3 is 23.9 Å². The first kappa shape index (κ1) is 37.7. The van der Waals surface area contributed by atoms with Crippen LogP contribution >= 0.6 is 0 Å². The monoisotopic (exact) mass is 724 g/mol. The van der Waals surface area contributed by atoms with E-state index < -0.39 is 23.9 Å². The molecule has 0 aliphatic rings. The third-order valence-electron chi connectivity index (χ3n) is 7.80. The van der Waals surface area contributed by atoms with Crippen LogP contribution in [0.15, 0.2) is 146 Å². The fraction of sp³-hybridized carbons (Fsp3) is 0.0476. The van der Waals surface area contributed by atoms with Gasteiger partial charge in [-0.05, 0) is 72.8 Å². The summed E-state index contributed by atoms with van der Waals surface area (Å²) in [6, 6.07) is 42.4. The Labute approximate surface area is 311 Å². The maximum absolute atomic E-state index is 12.4. The number of carbonyl (C=O) groups excluding carboxylic acids is 2. The molecule has 0 heterocycles. The summed E-state index contributed by atoms with van der Waals surface area (Å²) in [4.78, 5) is 48.1. The van der Waals surface area contributed by atoms with E-state index in [-0.39, 0.29) is 33.6 Å². The lowest BCUT2D eigenvalue weighted by molar-refractivity contribution is 0.0588. The zero-order chi connectivity index (χ0) is 38.5. The van der Waals surface area contributed by atoms with Crippen LogP contribution in [-0.4, -0.2) is 48.3 Å². The van der Waals surface area contributed by atoms with E-state index >= 15 is 0 Å². The van der Waals surface area contributed by atoms with E-state index in [1.54, 1.807) is 60.7 Å². The van der Waals surface area contributed by atoms with Crippen molar-refractivity contribution < 1.29 is 38.9 Å². The molecule has 0 aromatic heterocycles. The lowest BCUT2D eigenvalue weighted by atomic mass is 10.0. The number of aromatic carboxylic acids is 2. The van der Waals surface area contributed by atoms with E-state index in [1.165, 1.54) is 26.4 Å². The van der Waals surface area contributed by atoms with Crippen molar-refractivity contribution in [2.75, 3.05) is 35.5 Å². The highest BCUT2D eigenvalue weighted by Gasteiger charge is 2.22. The summed E-state index contributed by atoms with van der Waals surface area (Å²) in [6.45, 7) is 0. The van der Waals surface area contributed by atoms with Crippen LogP contribution in [0, 0.1) is 0 Å². The summed E-state index contributed by atoms with van der Waals surface area (Å²) in [5, 5.41) is 31.4. The summed E-state index contributed by atoms with van der Waals surface area (Å²) in [7, 11) is 2.63. The first-order chi connectivity index (χ1) is 26.2. The normalized spacial score (nSPS) is 10.1. The van der Waals surface area contributed by atoms with Crippen LogP contribution < -0.4 is 21.3 Å². The summed E-state index contributed by atoms with van der Waals surface area (Å²) >= 11 is 0. The third-order valence-corrected chi connectivity index (χ3v) is 7.80. The molecule has 0 unspecified atom stereocenters. The van der Waals surface area contributed by atoms with E-state index in [2.05, 4.69) is 21.3 Å². The Morgan fingerprint density at radius 1 is 0.389 bits per heavy atom. The lowest BCUT2D eigenvalue weighted by Crippen LogP contribution is -2.12. The molecular weight excluding hydrogens is 688 g/mol. The highest BCUT2D eigenvalue weighted by atomic mass is 16.5. The van der Waals surface area contributed by atoms with E-state index in [0.717, 1.165) is 11.4 Å². The summed E-state index contributed by atoms with van der Waals surface area (Å²) < 4.78 is 9.85. The molecule has 272 valence electrons. The van der Waals surface area contributed by atoms with Crippen LogP contribution in [0.4, 0.5) is 45.5 Å². The molecule has 0 bridgehead atoms. The van der Waals surface area contributed by atoms with Gasteiger partial charge < -0.3 is 41.0 Å². The minimum Gasteiger partial charge on any atom is -0.478 e. The van der Waals surface area contributed by atoms with Gasteiger partial charge in [0.2, 0.25) is 0 Å². The first-order valence-corrected chi connectivity index (χ1v) is 16.4. The molecule has 0 radical (unpaired) electrons. The van der Waals surface area contributed by atoms with Crippen molar-refractivity contribution in [3.05, 3.63) is 168 Å². The second kappa shape index (κ2) is 18.1. The van der Waals surface area contributed by atoms with E-state index in [1.807, 2.05) is 72.8 Å². The topological polar surface area (TPSA) is 175 Å². The first-order valence-electron chi connectivity index (χ1n) is 16.4. The standard InChI is InChI=1S/C22H20N2O4.C20H16N2O4/c1-27-21(25)17-13-20(24-16-11-7-4-8-12-16)18(22(26)28-2)14-19(17)23-15-9-5-3-6-10-15;23-19(24)15-12-18(22-14-9-5-2-6-10-14)16(20(25)26)11-17(15)21-13-7-3-1-4-8-13/h3-14,23-24H,1-2H3;1-12,21-22H,(H,23,24)(H,25,26). The van der Waals surface area contributed by atoms with Crippen LogP contribution in [-0.2, 0) is 9.47 Å². The second-order valence-electron chi connectivity index (χ2n) is 11.4. The second-order valence-corrected chi connectivity index (χ2v) is 11.4. The molecule has 0 atom stereocenters. The molecule has 0 amide bonds. The van der Waals surface area contributed by atoms with Crippen molar-refractivity contribution in [1.29, 1.82) is 0 Å². The molecule has 6 N–H and O–H groups in total. The number of esters is 2. The SMILES string of the molecule is COC(=O)c1cc(Nc2ccccc2)c(C(=O)OC)cc1Nc1ccccc1.O=C(O)c1cc(Nc2ccccc2)c(C(=O)O)cc1Nc1ccccc1. The van der Waals surface area contributed by atoms with Crippen molar-refractivity contribution in [2.45, 2.75) is 0 Å². The average molecular weight is 725 g/mol. The number of benzene rings is 6. The zero-order valence-corrected chi connectivity index (χ0v) is 29.2. The van der Waals surface area contributed by atoms with Gasteiger partial charge in [0.1, 0.15) is 0 Å². The number of hydrogen-bond donors (Lipinski definition) is 6. The van der Waals surface area contributed by atoms with Gasteiger partial charge in [-0.2, -0.15) is 0 Å². The molecule has 0 aliphatic heterocycles. The number of nitrogens with one attached hydrogen (secondary N) is 4. The smallest absolute Gasteiger partial charge is 0.340 e. The summed E-state index contributed by atoms with van der Waals surface area (Å²) in [6.07, 6.45) is 0. The van der Waals surface area contributed by atoms with Gasteiger partial charge in [0.25, 0.3) is 0 Å². The number of anilines is 8. The van der Waals surface area contributed by atoms with Gasteiger partial charge in [0.15, 0.2) is 0 Å². The fourth-order valence-electron chi connectivity index (χ4n) is 5.23. The number of ether oxygens (including phenoxy) is 2. The highest BCUT2D eigenvalue weighted by molar-refractivity contribution is 6.05. The summed E-state index contributed by atoms with van der Waals surface area (Å²) in [5.74, 6) is -3.36. The van der Waals surface area contributed by atoms with Crippen molar-refractivity contribution in [2.24, 2.45) is 0 Å². The van der Waals surface area contributed by atoms with Crippen LogP contribution in [0.1, 0.15) is 41.4 Å². The minimum atomic E-state index is -1.16. The molecule has 12 heteroatoms. The molecule has 0 fully saturated rings. The van der Waals surface area contributed by atoms with Crippen LogP contribution in [0.5, 0.6) is 0 Å². The quantitative estimate of drug-likeness (QED) is 0.0661. The van der Waals surface area contributed by atoms with Crippen LogP contribution in [0.3, 0.4) is 0 Å². The average Bonchev–Trinajstić information content (AvgIpc) is 3.19. The third kappa shape index (κ3) is 9.80. The maximum atomic E-state index is 12.4. The van der Waals surface area contributed by atoms with Gasteiger partial charge in [-0.15, -0.1) is 0 Å². The number of hydrogen-bond acceptors (Lipinski definition) is 10. The predicted octanol–water partition coefficient (Wildman–Crippen LogP) is 9.32. The van der Waals surface area contributed by atoms with Crippen molar-refractivity contribution in [1.82, 2.24) is 0 Å². The molecule has 6 aromatic carbocycles. The number of para-hydroxylation sites is 4. The van der Waals surface area contributed by atoms with Gasteiger partial charge in [-0.3, -0.25) is 0 Å². The number of rotatable bonds is 12. The molecule has 12 nitrogen and oxygen atoms in total. The molecular formula is C42H36N4O8. The van der Waals surface area contributed by atoms with E-state index in [9.17, 15) is 29.4 Å². The fourth-order valence-corrected chi connectivity index (χ4v) is 5.23. The maximum Gasteiger partial charge on any atom is 0.340 e. The highest BCUT2D eigenvalue weighted by Crippen LogP contribution is 2.32. The van der Waals surface area contributed by atoms with E-state index in [4.69, 9.17) is 9.47 Å². The largest absolute Gasteiger partial charge is 0.478 e. The Bertz CT molecular complexity index is 2070. The summed E-state index contributed by atoms with van der Waals surface area (Å²) in [5.41, 5.74) is 4.68. The van der Waals surface area contributed by atoms with Crippen molar-refractivity contribution in [3.8, 4) is 0 Å². The van der Waals surface area contributed by atoms with Crippen molar-refractivity contribution in [3.63, 3.8) is 0 Å². The molecule has 6 rings (SSSR count). The number of methoxy groups -OCH3 is 2. The minimum absolute atomic E-state index is 0.0303. The van der Waals surface area contributed by atoms with Gasteiger partial charge in [-0.25, -0.2) is 19.2 Å². The number of carboxylic acids is 2. The molecule has 0 saturated heterocycles. The van der Waals surface area contributed by atoms with Gasteiger partial charge in [-0.1, -0.05) is 72.8 Å². The van der Waals surface area contributed by atoms with Crippen LogP contribution in [0.2, 0.25) is 0 Å². The van der Waals surface area contributed by atoms with E-state index in [0.29, 0.717) is 22.7 Å². The Morgan fingerprint density at radius 2 is 0.611 bits per heavy atom. The molecule has 54 heavy (non-hydrogen) atoms. The molecule has 0 saturated carbocycles. The molecule has 6 aromatic rings. The Morgan fingerprint density at radius 3 is 0.833 bits per heavy atom.